The molecule has 0 saturated heterocycles. The van der Waals surface area contributed by atoms with Crippen LogP contribution in [0.4, 0.5) is 0 Å². The first kappa shape index (κ1) is 12.7. The van der Waals surface area contributed by atoms with Crippen LogP contribution >= 0.6 is 0 Å². The van der Waals surface area contributed by atoms with E-state index < -0.39 is 0 Å². The Labute approximate surface area is 82.9 Å². The maximum atomic E-state index is 11.0. The number of hydrogen-bond acceptors (Lipinski definition) is 1. The Hall–Kier alpha value is -0.330. The van der Waals surface area contributed by atoms with E-state index in [0.29, 0.717) is 12.2 Å². The Balaban J connectivity index is 3.12. The fourth-order valence-corrected chi connectivity index (χ4v) is 1.37. The first-order valence-electron chi connectivity index (χ1n) is 5.72. The van der Waals surface area contributed by atoms with Gasteiger partial charge in [0.15, 0.2) is 0 Å². The summed E-state index contributed by atoms with van der Waals surface area (Å²) in [5.41, 5.74) is 0. The van der Waals surface area contributed by atoms with Crippen molar-refractivity contribution >= 4 is 5.78 Å². The molecule has 0 aliphatic rings. The van der Waals surface area contributed by atoms with Crippen LogP contribution in [-0.4, -0.2) is 5.78 Å². The first-order chi connectivity index (χ1) is 6.20. The van der Waals surface area contributed by atoms with Gasteiger partial charge in [-0.3, -0.25) is 4.79 Å². The molecule has 0 aromatic carbocycles. The molecule has 1 nitrogen and oxygen atoms in total. The minimum absolute atomic E-state index is 0.420. The van der Waals surface area contributed by atoms with Gasteiger partial charge in [0.25, 0.3) is 0 Å². The standard InChI is InChI=1S/C12H24O/c1-4-11(3)9-7-6-8-10-12(13)5-2/h11H,4-10H2,1-3H3. The van der Waals surface area contributed by atoms with Crippen LogP contribution in [0.2, 0.25) is 0 Å². The summed E-state index contributed by atoms with van der Waals surface area (Å²) in [6.07, 6.45) is 7.76. The van der Waals surface area contributed by atoms with Crippen molar-refractivity contribution in [2.24, 2.45) is 5.92 Å². The van der Waals surface area contributed by atoms with Crippen LogP contribution in [-0.2, 0) is 4.79 Å². The molecular formula is C12H24O. The summed E-state index contributed by atoms with van der Waals surface area (Å²) in [5.74, 6) is 1.28. The molecule has 0 amide bonds. The highest BCUT2D eigenvalue weighted by Crippen LogP contribution is 2.13. The third kappa shape index (κ3) is 8.01. The number of ketones is 1. The highest BCUT2D eigenvalue weighted by Gasteiger charge is 2.00. The second kappa shape index (κ2) is 8.28. The molecule has 0 aromatic rings. The van der Waals surface area contributed by atoms with E-state index in [4.69, 9.17) is 0 Å². The Kier molecular flexibility index (Phi) is 8.07. The molecule has 1 unspecified atom stereocenters. The highest BCUT2D eigenvalue weighted by molar-refractivity contribution is 5.77. The summed E-state index contributed by atoms with van der Waals surface area (Å²) < 4.78 is 0. The Morgan fingerprint density at radius 2 is 1.85 bits per heavy atom. The molecular weight excluding hydrogens is 160 g/mol. The van der Waals surface area contributed by atoms with E-state index in [0.717, 1.165) is 18.8 Å². The monoisotopic (exact) mass is 184 g/mol. The van der Waals surface area contributed by atoms with Crippen molar-refractivity contribution in [3.05, 3.63) is 0 Å². The van der Waals surface area contributed by atoms with Crippen molar-refractivity contribution in [2.75, 3.05) is 0 Å². The van der Waals surface area contributed by atoms with E-state index >= 15 is 0 Å². The zero-order valence-corrected chi connectivity index (χ0v) is 9.44. The van der Waals surface area contributed by atoms with Gasteiger partial charge in [-0.15, -0.1) is 0 Å². The van der Waals surface area contributed by atoms with Crippen LogP contribution in [0, 0.1) is 5.92 Å². The van der Waals surface area contributed by atoms with Gasteiger partial charge < -0.3 is 0 Å². The van der Waals surface area contributed by atoms with E-state index in [1.165, 1.54) is 25.7 Å². The Morgan fingerprint density at radius 1 is 1.15 bits per heavy atom. The smallest absolute Gasteiger partial charge is 0.132 e. The van der Waals surface area contributed by atoms with Gasteiger partial charge in [-0.1, -0.05) is 46.5 Å². The number of rotatable bonds is 8. The van der Waals surface area contributed by atoms with E-state index in [-0.39, 0.29) is 0 Å². The van der Waals surface area contributed by atoms with Crippen molar-refractivity contribution in [2.45, 2.75) is 65.7 Å². The van der Waals surface area contributed by atoms with Crippen molar-refractivity contribution < 1.29 is 4.79 Å². The maximum Gasteiger partial charge on any atom is 0.132 e. The third-order valence-corrected chi connectivity index (χ3v) is 2.74. The molecule has 0 bridgehead atoms. The van der Waals surface area contributed by atoms with Gasteiger partial charge in [-0.25, -0.2) is 0 Å². The Bertz CT molecular complexity index is 129. The normalized spacial score (nSPS) is 12.8. The lowest BCUT2D eigenvalue weighted by Crippen LogP contribution is -1.95. The molecule has 0 fully saturated rings. The Morgan fingerprint density at radius 3 is 2.38 bits per heavy atom. The molecule has 1 heteroatoms. The fourth-order valence-electron chi connectivity index (χ4n) is 1.37. The number of hydrogen-bond donors (Lipinski definition) is 0. The van der Waals surface area contributed by atoms with Gasteiger partial charge in [0.2, 0.25) is 0 Å². The molecule has 0 aromatic heterocycles. The molecule has 0 rings (SSSR count). The van der Waals surface area contributed by atoms with Gasteiger partial charge in [0.05, 0.1) is 0 Å². The number of unbranched alkanes of at least 4 members (excludes halogenated alkanes) is 2. The van der Waals surface area contributed by atoms with Gasteiger partial charge in [-0.2, -0.15) is 0 Å². The summed E-state index contributed by atoms with van der Waals surface area (Å²) in [5, 5.41) is 0. The SMILES string of the molecule is CCC(=O)CCCCCC(C)CC. The first-order valence-corrected chi connectivity index (χ1v) is 5.72. The minimum Gasteiger partial charge on any atom is -0.300 e. The zero-order chi connectivity index (χ0) is 10.1. The van der Waals surface area contributed by atoms with E-state index in [1.807, 2.05) is 6.92 Å². The summed E-state index contributed by atoms with van der Waals surface area (Å²) >= 11 is 0. The maximum absolute atomic E-state index is 11.0. The van der Waals surface area contributed by atoms with E-state index in [9.17, 15) is 4.79 Å². The van der Waals surface area contributed by atoms with Crippen molar-refractivity contribution in [1.29, 1.82) is 0 Å². The summed E-state index contributed by atoms with van der Waals surface area (Å²) in [7, 11) is 0. The predicted octanol–water partition coefficient (Wildman–Crippen LogP) is 3.96. The van der Waals surface area contributed by atoms with Crippen LogP contribution in [0.15, 0.2) is 0 Å². The molecule has 13 heavy (non-hydrogen) atoms. The molecule has 0 spiro atoms. The second-order valence-electron chi connectivity index (χ2n) is 4.00. The van der Waals surface area contributed by atoms with E-state index in [2.05, 4.69) is 13.8 Å². The van der Waals surface area contributed by atoms with Crippen molar-refractivity contribution in [3.63, 3.8) is 0 Å². The average molecular weight is 184 g/mol. The lowest BCUT2D eigenvalue weighted by atomic mass is 10.00. The predicted molar refractivity (Wildman–Crippen MR) is 57.8 cm³/mol. The van der Waals surface area contributed by atoms with Crippen LogP contribution in [0.5, 0.6) is 0 Å². The third-order valence-electron chi connectivity index (χ3n) is 2.74. The summed E-state index contributed by atoms with van der Waals surface area (Å²) in [4.78, 5) is 11.0. The molecule has 0 aliphatic heterocycles. The average Bonchev–Trinajstić information content (AvgIpc) is 2.16. The number of Topliss-reactive ketones (excluding diaryl/α,β-unsaturated/α-hetero) is 1. The number of carbonyl (C=O) groups excluding carboxylic acids is 1. The molecule has 1 atom stereocenters. The van der Waals surface area contributed by atoms with Crippen LogP contribution in [0.3, 0.4) is 0 Å². The molecule has 0 radical (unpaired) electrons. The molecule has 78 valence electrons. The van der Waals surface area contributed by atoms with Crippen LogP contribution < -0.4 is 0 Å². The highest BCUT2D eigenvalue weighted by atomic mass is 16.1. The second-order valence-corrected chi connectivity index (χ2v) is 4.00. The van der Waals surface area contributed by atoms with Gasteiger partial charge in [0.1, 0.15) is 5.78 Å². The number of carbonyl (C=O) groups is 1. The van der Waals surface area contributed by atoms with Gasteiger partial charge >= 0.3 is 0 Å². The van der Waals surface area contributed by atoms with Gasteiger partial charge in [-0.05, 0) is 12.3 Å². The van der Waals surface area contributed by atoms with Crippen molar-refractivity contribution in [1.82, 2.24) is 0 Å². The van der Waals surface area contributed by atoms with E-state index in [1.54, 1.807) is 0 Å². The topological polar surface area (TPSA) is 17.1 Å². The quantitative estimate of drug-likeness (QED) is 0.522. The molecule has 0 heterocycles. The lowest BCUT2D eigenvalue weighted by molar-refractivity contribution is -0.118. The zero-order valence-electron chi connectivity index (χ0n) is 9.44. The lowest BCUT2D eigenvalue weighted by Gasteiger charge is -2.06. The summed E-state index contributed by atoms with van der Waals surface area (Å²) in [6, 6.07) is 0. The van der Waals surface area contributed by atoms with Crippen molar-refractivity contribution in [3.8, 4) is 0 Å². The van der Waals surface area contributed by atoms with Crippen LogP contribution in [0.25, 0.3) is 0 Å². The molecule has 0 saturated carbocycles. The molecule has 0 aliphatic carbocycles. The fraction of sp³-hybridized carbons (Fsp3) is 0.917. The minimum atomic E-state index is 0.420. The molecule has 0 N–H and O–H groups in total. The van der Waals surface area contributed by atoms with Gasteiger partial charge in [0, 0.05) is 12.8 Å². The summed E-state index contributed by atoms with van der Waals surface area (Å²) in [6.45, 7) is 6.49. The van der Waals surface area contributed by atoms with Crippen LogP contribution in [0.1, 0.15) is 65.7 Å². The largest absolute Gasteiger partial charge is 0.300 e.